The molecule has 0 aromatic heterocycles. The molecule has 1 aliphatic carbocycles. The lowest BCUT2D eigenvalue weighted by molar-refractivity contribution is 0.294. The maximum absolute atomic E-state index is 5.43. The molecule has 94 valence electrons. The normalized spacial score (nSPS) is 17.4. The van der Waals surface area contributed by atoms with Crippen molar-refractivity contribution in [3.05, 3.63) is 23.8 Å². The van der Waals surface area contributed by atoms with Gasteiger partial charge in [-0.2, -0.15) is 0 Å². The summed E-state index contributed by atoms with van der Waals surface area (Å²) in [5.74, 6) is 2.63. The van der Waals surface area contributed by atoms with Crippen LogP contribution in [-0.2, 0) is 0 Å². The third-order valence-electron chi connectivity index (χ3n) is 3.54. The molecule has 1 aromatic carbocycles. The van der Waals surface area contributed by atoms with Crippen molar-refractivity contribution in [3.63, 3.8) is 0 Å². The van der Waals surface area contributed by atoms with Crippen LogP contribution in [0.15, 0.2) is 18.2 Å². The largest absolute Gasteiger partial charge is 0.497 e. The van der Waals surface area contributed by atoms with Crippen LogP contribution in [0.4, 0.5) is 0 Å². The predicted molar refractivity (Wildman–Crippen MR) is 73.2 cm³/mol. The zero-order valence-corrected chi connectivity index (χ0v) is 12.0. The van der Waals surface area contributed by atoms with E-state index in [1.54, 1.807) is 14.2 Å². The van der Waals surface area contributed by atoms with Gasteiger partial charge >= 0.3 is 0 Å². The molecule has 0 spiro atoms. The molecule has 1 unspecified atom stereocenters. The second-order valence-electron chi connectivity index (χ2n) is 4.61. The predicted octanol–water partition coefficient (Wildman–Crippen LogP) is 4.33. The highest BCUT2D eigenvalue weighted by atomic mass is 79.9. The monoisotopic (exact) mass is 298 g/mol. The third-order valence-corrected chi connectivity index (χ3v) is 4.41. The second kappa shape index (κ2) is 5.76. The molecule has 0 radical (unpaired) electrons. The van der Waals surface area contributed by atoms with Crippen molar-refractivity contribution in [2.24, 2.45) is 5.92 Å². The Labute approximate surface area is 111 Å². The standard InChI is InChI=1S/C14H19BrO2/c1-16-11-6-7-12(14(9-11)17-2)13(15)8-10-4-3-5-10/h6-7,9-10,13H,3-5,8H2,1-2H3. The summed E-state index contributed by atoms with van der Waals surface area (Å²) in [6, 6.07) is 6.03. The Kier molecular flexibility index (Phi) is 4.32. The van der Waals surface area contributed by atoms with Gasteiger partial charge in [-0.3, -0.25) is 0 Å². The number of hydrogen-bond acceptors (Lipinski definition) is 2. The summed E-state index contributed by atoms with van der Waals surface area (Å²) in [4.78, 5) is 0.383. The molecule has 0 N–H and O–H groups in total. The van der Waals surface area contributed by atoms with Crippen LogP contribution >= 0.6 is 15.9 Å². The minimum Gasteiger partial charge on any atom is -0.497 e. The van der Waals surface area contributed by atoms with Crippen LogP contribution in [0.25, 0.3) is 0 Å². The van der Waals surface area contributed by atoms with Gasteiger partial charge in [-0.25, -0.2) is 0 Å². The van der Waals surface area contributed by atoms with Crippen LogP contribution in [0, 0.1) is 5.92 Å². The number of rotatable bonds is 5. The van der Waals surface area contributed by atoms with Crippen molar-refractivity contribution in [3.8, 4) is 11.5 Å². The maximum Gasteiger partial charge on any atom is 0.126 e. The zero-order chi connectivity index (χ0) is 12.3. The minimum absolute atomic E-state index is 0.383. The van der Waals surface area contributed by atoms with Crippen molar-refractivity contribution in [1.82, 2.24) is 0 Å². The Balaban J connectivity index is 2.12. The first-order valence-electron chi connectivity index (χ1n) is 6.10. The van der Waals surface area contributed by atoms with E-state index in [4.69, 9.17) is 9.47 Å². The fourth-order valence-electron chi connectivity index (χ4n) is 2.23. The van der Waals surface area contributed by atoms with Gasteiger partial charge in [0.15, 0.2) is 0 Å². The molecule has 2 nitrogen and oxygen atoms in total. The molecular weight excluding hydrogens is 280 g/mol. The van der Waals surface area contributed by atoms with Gasteiger partial charge in [-0.1, -0.05) is 41.3 Å². The van der Waals surface area contributed by atoms with E-state index in [1.807, 2.05) is 12.1 Å². The Bertz CT molecular complexity index is 374. The lowest BCUT2D eigenvalue weighted by Gasteiger charge is -2.28. The average Bonchev–Trinajstić information content (AvgIpc) is 2.32. The molecule has 0 saturated heterocycles. The molecule has 17 heavy (non-hydrogen) atoms. The molecule has 1 fully saturated rings. The molecule has 0 bridgehead atoms. The van der Waals surface area contributed by atoms with Gasteiger partial charge in [-0.05, 0) is 18.4 Å². The van der Waals surface area contributed by atoms with Gasteiger partial charge in [-0.15, -0.1) is 0 Å². The molecule has 1 aliphatic rings. The van der Waals surface area contributed by atoms with E-state index < -0.39 is 0 Å². The highest BCUT2D eigenvalue weighted by molar-refractivity contribution is 9.09. The highest BCUT2D eigenvalue weighted by Gasteiger charge is 2.23. The van der Waals surface area contributed by atoms with E-state index in [2.05, 4.69) is 22.0 Å². The van der Waals surface area contributed by atoms with Crippen LogP contribution < -0.4 is 9.47 Å². The van der Waals surface area contributed by atoms with E-state index in [9.17, 15) is 0 Å². The summed E-state index contributed by atoms with van der Waals surface area (Å²) < 4.78 is 10.6. The van der Waals surface area contributed by atoms with Gasteiger partial charge in [0.2, 0.25) is 0 Å². The van der Waals surface area contributed by atoms with Crippen LogP contribution in [0.5, 0.6) is 11.5 Å². The number of benzene rings is 1. The lowest BCUT2D eigenvalue weighted by atomic mass is 9.81. The summed E-state index contributed by atoms with van der Waals surface area (Å²) in [5.41, 5.74) is 1.22. The van der Waals surface area contributed by atoms with Crippen molar-refractivity contribution in [2.45, 2.75) is 30.5 Å². The number of alkyl halides is 1. The van der Waals surface area contributed by atoms with Gasteiger partial charge < -0.3 is 9.47 Å². The third kappa shape index (κ3) is 2.95. The number of methoxy groups -OCH3 is 2. The lowest BCUT2D eigenvalue weighted by Crippen LogP contribution is -2.13. The molecule has 1 atom stereocenters. The second-order valence-corrected chi connectivity index (χ2v) is 5.71. The van der Waals surface area contributed by atoms with Crippen LogP contribution in [0.3, 0.4) is 0 Å². The van der Waals surface area contributed by atoms with E-state index in [0.29, 0.717) is 4.83 Å². The van der Waals surface area contributed by atoms with Crippen molar-refractivity contribution < 1.29 is 9.47 Å². The number of hydrogen-bond donors (Lipinski definition) is 0. The Morgan fingerprint density at radius 3 is 2.59 bits per heavy atom. The first kappa shape index (κ1) is 12.7. The maximum atomic E-state index is 5.43. The molecule has 3 heteroatoms. The van der Waals surface area contributed by atoms with Crippen LogP contribution in [0.1, 0.15) is 36.1 Å². The summed E-state index contributed by atoms with van der Waals surface area (Å²) in [7, 11) is 3.38. The fourth-order valence-corrected chi connectivity index (χ4v) is 3.13. The van der Waals surface area contributed by atoms with E-state index >= 15 is 0 Å². The average molecular weight is 299 g/mol. The molecule has 1 saturated carbocycles. The van der Waals surface area contributed by atoms with E-state index in [-0.39, 0.29) is 0 Å². The first-order chi connectivity index (χ1) is 8.24. The molecule has 1 aromatic rings. The minimum atomic E-state index is 0.383. The first-order valence-corrected chi connectivity index (χ1v) is 7.02. The summed E-state index contributed by atoms with van der Waals surface area (Å²) in [5, 5.41) is 0. The van der Waals surface area contributed by atoms with E-state index in [0.717, 1.165) is 17.4 Å². The van der Waals surface area contributed by atoms with Crippen LogP contribution in [0.2, 0.25) is 0 Å². The summed E-state index contributed by atoms with van der Waals surface area (Å²) in [6.07, 6.45) is 5.34. The van der Waals surface area contributed by atoms with Crippen molar-refractivity contribution in [1.29, 1.82) is 0 Å². The molecule has 2 rings (SSSR count). The summed E-state index contributed by atoms with van der Waals surface area (Å²) in [6.45, 7) is 0. The number of ether oxygens (including phenoxy) is 2. The molecule has 0 amide bonds. The molecular formula is C14H19BrO2. The van der Waals surface area contributed by atoms with Crippen molar-refractivity contribution >= 4 is 15.9 Å². The quantitative estimate of drug-likeness (QED) is 0.753. The Hall–Kier alpha value is -0.700. The topological polar surface area (TPSA) is 18.5 Å². The smallest absolute Gasteiger partial charge is 0.126 e. The highest BCUT2D eigenvalue weighted by Crippen LogP contribution is 2.42. The Morgan fingerprint density at radius 2 is 2.06 bits per heavy atom. The van der Waals surface area contributed by atoms with Gasteiger partial charge in [0.05, 0.1) is 14.2 Å². The van der Waals surface area contributed by atoms with Gasteiger partial charge in [0.25, 0.3) is 0 Å². The summed E-state index contributed by atoms with van der Waals surface area (Å²) >= 11 is 3.78. The van der Waals surface area contributed by atoms with E-state index in [1.165, 1.54) is 31.2 Å². The van der Waals surface area contributed by atoms with Crippen LogP contribution in [-0.4, -0.2) is 14.2 Å². The SMILES string of the molecule is COc1ccc(C(Br)CC2CCC2)c(OC)c1. The molecule has 0 aliphatic heterocycles. The Morgan fingerprint density at radius 1 is 1.29 bits per heavy atom. The van der Waals surface area contributed by atoms with Gasteiger partial charge in [0.1, 0.15) is 11.5 Å². The number of halogens is 1. The fraction of sp³-hybridized carbons (Fsp3) is 0.571. The van der Waals surface area contributed by atoms with Crippen molar-refractivity contribution in [2.75, 3.05) is 14.2 Å². The van der Waals surface area contributed by atoms with Gasteiger partial charge in [0, 0.05) is 16.5 Å². The zero-order valence-electron chi connectivity index (χ0n) is 10.4. The molecule has 0 heterocycles.